The number of fused-ring (bicyclic) bond motifs is 3. The molecule has 0 saturated carbocycles. The number of benzene rings is 1. The molecule has 0 aliphatic carbocycles. The second kappa shape index (κ2) is 7.66. The van der Waals surface area contributed by atoms with Gasteiger partial charge in [-0.05, 0) is 36.8 Å². The van der Waals surface area contributed by atoms with Gasteiger partial charge in [0, 0.05) is 36.3 Å². The number of hydrogen-bond donors (Lipinski definition) is 2. The standard InChI is InChI=1S/C21H27N3O3/c1-12(2)7-15(22)11-27-19-9-18-17(8-14(19)10-25)16-5-6-23-13(3)20(16)21(26)24(18)4/h5-6,8-9,12,15,25H,7,10-11,22H2,1-4H3/t15-/m0/s1. The molecule has 0 spiro atoms. The smallest absolute Gasteiger partial charge is 0.260 e. The van der Waals surface area contributed by atoms with E-state index in [9.17, 15) is 9.90 Å². The van der Waals surface area contributed by atoms with Gasteiger partial charge in [0.2, 0.25) is 0 Å². The Morgan fingerprint density at radius 1 is 1.30 bits per heavy atom. The highest BCUT2D eigenvalue weighted by Crippen LogP contribution is 2.30. The van der Waals surface area contributed by atoms with Gasteiger partial charge in [0.1, 0.15) is 12.4 Å². The molecule has 0 unspecified atom stereocenters. The average Bonchev–Trinajstić information content (AvgIpc) is 2.63. The van der Waals surface area contributed by atoms with Crippen LogP contribution in [0.4, 0.5) is 0 Å². The van der Waals surface area contributed by atoms with Crippen molar-refractivity contribution in [3.63, 3.8) is 0 Å². The van der Waals surface area contributed by atoms with Crippen LogP contribution in [0.5, 0.6) is 5.75 Å². The zero-order chi connectivity index (χ0) is 19.7. The van der Waals surface area contributed by atoms with Crippen LogP contribution in [-0.2, 0) is 13.7 Å². The normalized spacial score (nSPS) is 12.9. The van der Waals surface area contributed by atoms with Gasteiger partial charge in [0.15, 0.2) is 0 Å². The van der Waals surface area contributed by atoms with Crippen molar-refractivity contribution in [3.8, 4) is 5.75 Å². The van der Waals surface area contributed by atoms with E-state index in [4.69, 9.17) is 10.5 Å². The Hall–Kier alpha value is -2.44. The van der Waals surface area contributed by atoms with E-state index >= 15 is 0 Å². The zero-order valence-corrected chi connectivity index (χ0v) is 16.3. The molecule has 0 bridgehead atoms. The molecule has 0 amide bonds. The van der Waals surface area contributed by atoms with Crippen LogP contribution in [0.25, 0.3) is 21.7 Å². The lowest BCUT2D eigenvalue weighted by atomic mass is 10.0. The van der Waals surface area contributed by atoms with Crippen LogP contribution in [0.2, 0.25) is 0 Å². The molecule has 0 aliphatic rings. The van der Waals surface area contributed by atoms with Gasteiger partial charge in [0.25, 0.3) is 5.56 Å². The first-order valence-corrected chi connectivity index (χ1v) is 9.23. The van der Waals surface area contributed by atoms with Crippen molar-refractivity contribution in [1.29, 1.82) is 0 Å². The van der Waals surface area contributed by atoms with Crippen LogP contribution in [0, 0.1) is 12.8 Å². The second-order valence-corrected chi connectivity index (χ2v) is 7.52. The molecular weight excluding hydrogens is 342 g/mol. The number of pyridine rings is 2. The maximum absolute atomic E-state index is 12.8. The van der Waals surface area contributed by atoms with Gasteiger partial charge in [0.05, 0.1) is 23.2 Å². The number of aromatic nitrogens is 2. The molecule has 3 aromatic rings. The molecule has 0 fully saturated rings. The minimum atomic E-state index is -0.154. The summed E-state index contributed by atoms with van der Waals surface area (Å²) in [5.74, 6) is 1.05. The molecule has 0 radical (unpaired) electrons. The van der Waals surface area contributed by atoms with E-state index in [1.54, 1.807) is 17.8 Å². The quantitative estimate of drug-likeness (QED) is 0.652. The molecule has 3 N–H and O–H groups in total. The highest BCUT2D eigenvalue weighted by molar-refractivity contribution is 6.06. The van der Waals surface area contributed by atoms with Crippen LogP contribution in [0.3, 0.4) is 0 Å². The highest BCUT2D eigenvalue weighted by Gasteiger charge is 2.15. The fourth-order valence-electron chi connectivity index (χ4n) is 3.57. The molecule has 2 aromatic heterocycles. The molecule has 3 rings (SSSR count). The summed E-state index contributed by atoms with van der Waals surface area (Å²) < 4.78 is 7.52. The maximum Gasteiger partial charge on any atom is 0.260 e. The van der Waals surface area contributed by atoms with Gasteiger partial charge >= 0.3 is 0 Å². The SMILES string of the molecule is Cc1nccc2c1c(=O)n(C)c1cc(OC[C@@H](N)CC(C)C)c(CO)cc21. The van der Waals surface area contributed by atoms with Gasteiger partial charge < -0.3 is 20.1 Å². The Bertz CT molecular complexity index is 1040. The van der Waals surface area contributed by atoms with Crippen molar-refractivity contribution >= 4 is 21.7 Å². The van der Waals surface area contributed by atoms with Gasteiger partial charge in [-0.1, -0.05) is 13.8 Å². The molecule has 144 valence electrons. The van der Waals surface area contributed by atoms with Gasteiger partial charge in [-0.3, -0.25) is 9.78 Å². The third-order valence-corrected chi connectivity index (χ3v) is 4.89. The molecule has 0 aliphatic heterocycles. The van der Waals surface area contributed by atoms with Crippen LogP contribution in [-0.4, -0.2) is 27.3 Å². The summed E-state index contributed by atoms with van der Waals surface area (Å²) in [5.41, 5.74) is 8.15. The maximum atomic E-state index is 12.8. The van der Waals surface area contributed by atoms with Crippen molar-refractivity contribution < 1.29 is 9.84 Å². The Kier molecular flexibility index (Phi) is 5.48. The monoisotopic (exact) mass is 369 g/mol. The second-order valence-electron chi connectivity index (χ2n) is 7.52. The van der Waals surface area contributed by atoms with E-state index in [0.717, 1.165) is 22.7 Å². The summed E-state index contributed by atoms with van der Waals surface area (Å²) in [6.07, 6.45) is 2.56. The number of nitrogens with zero attached hydrogens (tertiary/aromatic N) is 2. The molecule has 1 aromatic carbocycles. The lowest BCUT2D eigenvalue weighted by molar-refractivity contribution is 0.247. The molecule has 1 atom stereocenters. The van der Waals surface area contributed by atoms with Crippen LogP contribution >= 0.6 is 0 Å². The van der Waals surface area contributed by atoms with E-state index in [2.05, 4.69) is 18.8 Å². The first-order chi connectivity index (χ1) is 12.8. The van der Waals surface area contributed by atoms with Crippen molar-refractivity contribution in [2.45, 2.75) is 39.8 Å². The average molecular weight is 369 g/mol. The van der Waals surface area contributed by atoms with Crippen LogP contribution < -0.4 is 16.0 Å². The summed E-state index contributed by atoms with van der Waals surface area (Å²) in [4.78, 5) is 17.1. The Morgan fingerprint density at radius 3 is 2.70 bits per heavy atom. The predicted octanol–water partition coefficient (Wildman–Crippen LogP) is 2.64. The number of ether oxygens (including phenoxy) is 1. The van der Waals surface area contributed by atoms with E-state index in [1.165, 1.54) is 0 Å². The number of rotatable bonds is 6. The minimum Gasteiger partial charge on any atom is -0.492 e. The number of nitrogens with two attached hydrogens (primary N) is 1. The van der Waals surface area contributed by atoms with E-state index in [0.29, 0.717) is 34.9 Å². The molecule has 6 nitrogen and oxygen atoms in total. The van der Waals surface area contributed by atoms with Gasteiger partial charge in [-0.15, -0.1) is 0 Å². The molecule has 27 heavy (non-hydrogen) atoms. The Morgan fingerprint density at radius 2 is 2.04 bits per heavy atom. The van der Waals surface area contributed by atoms with Crippen molar-refractivity contribution in [1.82, 2.24) is 9.55 Å². The molecule has 2 heterocycles. The van der Waals surface area contributed by atoms with Gasteiger partial charge in [-0.2, -0.15) is 0 Å². The number of aliphatic hydroxyl groups is 1. The minimum absolute atomic E-state index is 0.0820. The Labute approximate surface area is 158 Å². The lowest BCUT2D eigenvalue weighted by Crippen LogP contribution is -2.29. The molecular formula is C21H27N3O3. The lowest BCUT2D eigenvalue weighted by Gasteiger charge is -2.18. The van der Waals surface area contributed by atoms with Gasteiger partial charge in [-0.25, -0.2) is 0 Å². The third-order valence-electron chi connectivity index (χ3n) is 4.89. The fourth-order valence-corrected chi connectivity index (χ4v) is 3.57. The predicted molar refractivity (Wildman–Crippen MR) is 108 cm³/mol. The zero-order valence-electron chi connectivity index (χ0n) is 16.3. The van der Waals surface area contributed by atoms with Crippen LogP contribution in [0.1, 0.15) is 31.5 Å². The van der Waals surface area contributed by atoms with Crippen molar-refractivity contribution in [3.05, 3.63) is 46.0 Å². The van der Waals surface area contributed by atoms with E-state index < -0.39 is 0 Å². The fraction of sp³-hybridized carbons (Fsp3) is 0.429. The first kappa shape index (κ1) is 19.3. The summed E-state index contributed by atoms with van der Waals surface area (Å²) in [5, 5.41) is 12.2. The van der Waals surface area contributed by atoms with Crippen molar-refractivity contribution in [2.75, 3.05) is 6.61 Å². The largest absolute Gasteiger partial charge is 0.492 e. The Balaban J connectivity index is 2.14. The van der Waals surface area contributed by atoms with E-state index in [1.807, 2.05) is 25.1 Å². The van der Waals surface area contributed by atoms with Crippen LogP contribution in [0.15, 0.2) is 29.2 Å². The summed E-state index contributed by atoms with van der Waals surface area (Å²) in [6.45, 7) is 6.27. The first-order valence-electron chi connectivity index (χ1n) is 9.23. The summed E-state index contributed by atoms with van der Waals surface area (Å²) >= 11 is 0. The summed E-state index contributed by atoms with van der Waals surface area (Å²) in [6, 6.07) is 5.47. The topological polar surface area (TPSA) is 90.4 Å². The van der Waals surface area contributed by atoms with E-state index in [-0.39, 0.29) is 18.2 Å². The number of aliphatic hydroxyl groups excluding tert-OH is 1. The summed E-state index contributed by atoms with van der Waals surface area (Å²) in [7, 11) is 1.74. The number of aryl methyl sites for hydroxylation is 2. The highest BCUT2D eigenvalue weighted by atomic mass is 16.5. The third kappa shape index (κ3) is 3.68. The number of hydrogen-bond acceptors (Lipinski definition) is 5. The molecule has 6 heteroatoms. The van der Waals surface area contributed by atoms with Crippen molar-refractivity contribution in [2.24, 2.45) is 18.7 Å². The molecule has 0 saturated heterocycles.